The zero-order valence-electron chi connectivity index (χ0n) is 9.86. The third kappa shape index (κ3) is 4.03. The van der Waals surface area contributed by atoms with Crippen LogP contribution in [0.4, 0.5) is 0 Å². The molecule has 0 N–H and O–H groups in total. The van der Waals surface area contributed by atoms with Crippen molar-refractivity contribution in [2.45, 2.75) is 37.5 Å². The van der Waals surface area contributed by atoms with Crippen LogP contribution >= 0.6 is 11.8 Å². The van der Waals surface area contributed by atoms with E-state index in [4.69, 9.17) is 0 Å². The van der Waals surface area contributed by atoms with Crippen LogP contribution in [-0.2, 0) is 9.53 Å². The van der Waals surface area contributed by atoms with Crippen LogP contribution < -0.4 is 0 Å². The van der Waals surface area contributed by atoms with Gasteiger partial charge < -0.3 is 9.64 Å². The molecule has 1 saturated heterocycles. The van der Waals surface area contributed by atoms with Crippen molar-refractivity contribution in [1.82, 2.24) is 4.90 Å². The van der Waals surface area contributed by atoms with Gasteiger partial charge in [-0.2, -0.15) is 0 Å². The summed E-state index contributed by atoms with van der Waals surface area (Å²) in [5.74, 6) is 0.936. The van der Waals surface area contributed by atoms with E-state index in [2.05, 4.69) is 16.7 Å². The predicted octanol–water partition coefficient (Wildman–Crippen LogP) is 1.77. The molecule has 0 aromatic carbocycles. The van der Waals surface area contributed by atoms with Crippen LogP contribution in [0.3, 0.4) is 0 Å². The van der Waals surface area contributed by atoms with Crippen molar-refractivity contribution >= 4 is 17.7 Å². The van der Waals surface area contributed by atoms with E-state index in [9.17, 15) is 4.79 Å². The van der Waals surface area contributed by atoms with E-state index in [1.54, 1.807) is 11.8 Å². The Balaban J connectivity index is 2.13. The van der Waals surface area contributed by atoms with E-state index in [1.807, 2.05) is 6.92 Å². The number of thioether (sulfide) groups is 1. The van der Waals surface area contributed by atoms with Crippen molar-refractivity contribution in [2.24, 2.45) is 0 Å². The number of carbonyl (C=O) groups is 1. The maximum atomic E-state index is 11.1. The zero-order chi connectivity index (χ0) is 11.3. The molecular weight excluding hydrogens is 210 g/mol. The minimum absolute atomic E-state index is 0.0262. The fourth-order valence-corrected chi connectivity index (χ4v) is 2.95. The van der Waals surface area contributed by atoms with Gasteiger partial charge in [-0.25, -0.2) is 0 Å². The lowest BCUT2D eigenvalue weighted by Crippen LogP contribution is -2.25. The summed E-state index contributed by atoms with van der Waals surface area (Å²) in [6, 6.07) is 0.724. The topological polar surface area (TPSA) is 29.5 Å². The molecule has 0 aromatic rings. The van der Waals surface area contributed by atoms with Crippen molar-refractivity contribution in [1.29, 1.82) is 0 Å². The van der Waals surface area contributed by atoms with Crippen LogP contribution in [0.15, 0.2) is 0 Å². The monoisotopic (exact) mass is 231 g/mol. The molecule has 0 radical (unpaired) electrons. The van der Waals surface area contributed by atoms with Gasteiger partial charge in [-0.1, -0.05) is 0 Å². The van der Waals surface area contributed by atoms with Gasteiger partial charge in [0.25, 0.3) is 0 Å². The molecule has 4 heteroatoms. The first kappa shape index (κ1) is 12.8. The number of hydrogen-bond acceptors (Lipinski definition) is 4. The Morgan fingerprint density at radius 1 is 1.67 bits per heavy atom. The molecule has 0 aliphatic carbocycles. The van der Waals surface area contributed by atoms with Crippen molar-refractivity contribution in [3.05, 3.63) is 0 Å². The summed E-state index contributed by atoms with van der Waals surface area (Å²) in [6.45, 7) is 3.14. The number of ether oxygens (including phenoxy) is 1. The normalized spacial score (nSPS) is 24.1. The number of carbonyl (C=O) groups excluding carboxylic acids is 1. The average Bonchev–Trinajstić information content (AvgIpc) is 2.63. The van der Waals surface area contributed by atoms with E-state index < -0.39 is 0 Å². The summed E-state index contributed by atoms with van der Waals surface area (Å²) < 4.78 is 4.69. The third-order valence-electron chi connectivity index (χ3n) is 3.02. The first-order chi connectivity index (χ1) is 7.15. The number of nitrogens with zero attached hydrogens (tertiary/aromatic N) is 1. The quantitative estimate of drug-likeness (QED) is 0.674. The van der Waals surface area contributed by atoms with Crippen LogP contribution in [0.2, 0.25) is 0 Å². The second kappa shape index (κ2) is 6.38. The minimum Gasteiger partial charge on any atom is -0.468 e. The predicted molar refractivity (Wildman–Crippen MR) is 64.2 cm³/mol. The van der Waals surface area contributed by atoms with E-state index in [0.29, 0.717) is 0 Å². The first-order valence-electron chi connectivity index (χ1n) is 5.55. The molecule has 1 rings (SSSR count). The fourth-order valence-electron chi connectivity index (χ4n) is 1.96. The van der Waals surface area contributed by atoms with Gasteiger partial charge in [-0.05, 0) is 45.5 Å². The van der Waals surface area contributed by atoms with Crippen LogP contribution in [-0.4, -0.2) is 48.6 Å². The molecule has 1 fully saturated rings. The van der Waals surface area contributed by atoms with Gasteiger partial charge in [0, 0.05) is 6.04 Å². The number of esters is 1. The number of methoxy groups -OCH3 is 1. The third-order valence-corrected chi connectivity index (χ3v) is 4.19. The van der Waals surface area contributed by atoms with Gasteiger partial charge in [0.05, 0.1) is 12.4 Å². The Morgan fingerprint density at radius 3 is 2.93 bits per heavy atom. The summed E-state index contributed by atoms with van der Waals surface area (Å²) in [4.78, 5) is 13.6. The van der Waals surface area contributed by atoms with Gasteiger partial charge in [0.15, 0.2) is 0 Å². The molecule has 0 bridgehead atoms. The molecule has 0 aromatic heterocycles. The second-order valence-corrected chi connectivity index (χ2v) is 5.55. The number of rotatable bonds is 5. The second-order valence-electron chi connectivity index (χ2n) is 4.10. The Hall–Kier alpha value is -0.220. The van der Waals surface area contributed by atoms with Crippen LogP contribution in [0, 0.1) is 0 Å². The molecule has 0 amide bonds. The zero-order valence-corrected chi connectivity index (χ0v) is 10.7. The lowest BCUT2D eigenvalue weighted by Gasteiger charge is -2.19. The van der Waals surface area contributed by atoms with Gasteiger partial charge in [-0.15, -0.1) is 11.8 Å². The summed E-state index contributed by atoms with van der Waals surface area (Å²) in [6.07, 6.45) is 3.81. The summed E-state index contributed by atoms with van der Waals surface area (Å²) >= 11 is 1.70. The fraction of sp³-hybridized carbons (Fsp3) is 0.909. The van der Waals surface area contributed by atoms with E-state index in [0.717, 1.165) is 11.8 Å². The number of likely N-dealkylation sites (tertiary alicyclic amines) is 1. The largest absolute Gasteiger partial charge is 0.468 e. The number of hydrogen-bond donors (Lipinski definition) is 0. The highest BCUT2D eigenvalue weighted by Crippen LogP contribution is 2.21. The highest BCUT2D eigenvalue weighted by Gasteiger charge is 2.21. The SMILES string of the molecule is COC(=O)[C@H](C)SCC[C@@H]1CCCN1C. The van der Waals surface area contributed by atoms with Crippen molar-refractivity contribution < 1.29 is 9.53 Å². The van der Waals surface area contributed by atoms with Gasteiger partial charge in [-0.3, -0.25) is 4.79 Å². The summed E-state index contributed by atoms with van der Waals surface area (Å²) in [5.41, 5.74) is 0. The van der Waals surface area contributed by atoms with Gasteiger partial charge in [0.2, 0.25) is 0 Å². The minimum atomic E-state index is -0.111. The molecule has 1 heterocycles. The molecule has 0 unspecified atom stereocenters. The van der Waals surface area contributed by atoms with Gasteiger partial charge >= 0.3 is 5.97 Å². The highest BCUT2D eigenvalue weighted by molar-refractivity contribution is 8.00. The molecule has 88 valence electrons. The Labute approximate surface area is 96.5 Å². The van der Waals surface area contributed by atoms with Crippen molar-refractivity contribution in [2.75, 3.05) is 26.5 Å². The summed E-state index contributed by atoms with van der Waals surface area (Å²) in [7, 11) is 3.64. The Kier molecular flexibility index (Phi) is 5.47. The maximum absolute atomic E-state index is 11.1. The Morgan fingerprint density at radius 2 is 2.40 bits per heavy atom. The molecule has 2 atom stereocenters. The van der Waals surface area contributed by atoms with Gasteiger partial charge in [0.1, 0.15) is 0 Å². The molecule has 15 heavy (non-hydrogen) atoms. The highest BCUT2D eigenvalue weighted by atomic mass is 32.2. The standard InChI is InChI=1S/C11H21NO2S/c1-9(11(13)14-3)15-8-6-10-5-4-7-12(10)2/h9-10H,4-8H2,1-3H3/t9-,10-/m0/s1. The molecule has 0 saturated carbocycles. The molecule has 1 aliphatic heterocycles. The smallest absolute Gasteiger partial charge is 0.318 e. The lowest BCUT2D eigenvalue weighted by atomic mass is 10.2. The molecular formula is C11H21NO2S. The van der Waals surface area contributed by atoms with Crippen LogP contribution in [0.1, 0.15) is 26.2 Å². The van der Waals surface area contributed by atoms with Crippen molar-refractivity contribution in [3.63, 3.8) is 0 Å². The molecule has 1 aliphatic rings. The molecule has 0 spiro atoms. The lowest BCUT2D eigenvalue weighted by molar-refractivity contribution is -0.139. The first-order valence-corrected chi connectivity index (χ1v) is 6.59. The molecule has 3 nitrogen and oxygen atoms in total. The average molecular weight is 231 g/mol. The maximum Gasteiger partial charge on any atom is 0.318 e. The van der Waals surface area contributed by atoms with Crippen molar-refractivity contribution in [3.8, 4) is 0 Å². The summed E-state index contributed by atoms with van der Waals surface area (Å²) in [5, 5.41) is -0.0262. The van der Waals surface area contributed by atoms with Crippen LogP contribution in [0.5, 0.6) is 0 Å². The van der Waals surface area contributed by atoms with E-state index in [-0.39, 0.29) is 11.2 Å². The van der Waals surface area contributed by atoms with E-state index in [1.165, 1.54) is 32.9 Å². The van der Waals surface area contributed by atoms with E-state index >= 15 is 0 Å². The van der Waals surface area contributed by atoms with Crippen LogP contribution in [0.25, 0.3) is 0 Å². The Bertz CT molecular complexity index is 211.